The zero-order valence-electron chi connectivity index (χ0n) is 12.8. The highest BCUT2D eigenvalue weighted by molar-refractivity contribution is 5.96. The van der Waals surface area contributed by atoms with Crippen LogP contribution >= 0.6 is 0 Å². The first kappa shape index (κ1) is 14.5. The Morgan fingerprint density at radius 1 is 1.12 bits per heavy atom. The van der Waals surface area contributed by atoms with Crippen molar-refractivity contribution in [1.29, 1.82) is 0 Å². The number of rotatable bonds is 4. The molecular formula is C18H16N4O2. The number of aromatic amines is 2. The van der Waals surface area contributed by atoms with Crippen molar-refractivity contribution in [1.82, 2.24) is 15.0 Å². The van der Waals surface area contributed by atoms with E-state index in [0.717, 1.165) is 21.9 Å². The van der Waals surface area contributed by atoms with Crippen LogP contribution in [0.4, 0.5) is 5.82 Å². The Morgan fingerprint density at radius 2 is 2.00 bits per heavy atom. The fourth-order valence-electron chi connectivity index (χ4n) is 2.88. The van der Waals surface area contributed by atoms with E-state index in [1.807, 2.05) is 42.5 Å². The molecule has 4 aromatic rings. The van der Waals surface area contributed by atoms with Crippen LogP contribution < -0.4 is 10.9 Å². The maximum Gasteiger partial charge on any atom is 0.256 e. The number of aliphatic hydroxyl groups is 1. The normalized spacial score (nSPS) is 11.2. The van der Waals surface area contributed by atoms with Gasteiger partial charge in [0.1, 0.15) is 11.5 Å². The third-order valence-electron chi connectivity index (χ3n) is 3.99. The molecule has 0 spiro atoms. The van der Waals surface area contributed by atoms with Crippen LogP contribution in [0, 0.1) is 0 Å². The molecule has 0 amide bonds. The molecule has 0 aliphatic carbocycles. The SMILES string of the molecule is O=c1[nH]c2ccccc2cc1-c1cc(NCCO)nc2[nH]ccc12. The third kappa shape index (κ3) is 2.43. The van der Waals surface area contributed by atoms with Crippen molar-refractivity contribution in [3.63, 3.8) is 0 Å². The zero-order chi connectivity index (χ0) is 16.5. The fourth-order valence-corrected chi connectivity index (χ4v) is 2.88. The van der Waals surface area contributed by atoms with Crippen molar-refractivity contribution < 1.29 is 5.11 Å². The summed E-state index contributed by atoms with van der Waals surface area (Å²) in [6, 6.07) is 13.3. The molecule has 0 aliphatic heterocycles. The minimum absolute atomic E-state index is 0.0103. The van der Waals surface area contributed by atoms with Gasteiger partial charge in [0.25, 0.3) is 5.56 Å². The van der Waals surface area contributed by atoms with Crippen LogP contribution in [-0.2, 0) is 0 Å². The Kier molecular flexibility index (Phi) is 3.51. The number of fused-ring (bicyclic) bond motifs is 2. The summed E-state index contributed by atoms with van der Waals surface area (Å²) >= 11 is 0. The number of hydrogen-bond acceptors (Lipinski definition) is 4. The van der Waals surface area contributed by atoms with Crippen LogP contribution in [0.25, 0.3) is 33.1 Å². The average Bonchev–Trinajstić information content (AvgIpc) is 3.07. The Hall–Kier alpha value is -3.12. The molecule has 0 radical (unpaired) electrons. The second-order valence-corrected chi connectivity index (χ2v) is 5.54. The highest BCUT2D eigenvalue weighted by atomic mass is 16.3. The van der Waals surface area contributed by atoms with Crippen LogP contribution in [0.2, 0.25) is 0 Å². The first-order valence-electron chi connectivity index (χ1n) is 7.71. The predicted molar refractivity (Wildman–Crippen MR) is 95.2 cm³/mol. The number of anilines is 1. The van der Waals surface area contributed by atoms with Crippen molar-refractivity contribution in [2.45, 2.75) is 0 Å². The monoisotopic (exact) mass is 320 g/mol. The van der Waals surface area contributed by atoms with Crippen molar-refractivity contribution in [3.8, 4) is 11.1 Å². The van der Waals surface area contributed by atoms with Crippen molar-refractivity contribution in [2.24, 2.45) is 0 Å². The van der Waals surface area contributed by atoms with Gasteiger partial charge in [0, 0.05) is 34.8 Å². The molecule has 0 unspecified atom stereocenters. The highest BCUT2D eigenvalue weighted by Crippen LogP contribution is 2.29. The van der Waals surface area contributed by atoms with Gasteiger partial charge in [-0.25, -0.2) is 4.98 Å². The van der Waals surface area contributed by atoms with Gasteiger partial charge in [0.2, 0.25) is 0 Å². The largest absolute Gasteiger partial charge is 0.395 e. The summed E-state index contributed by atoms with van der Waals surface area (Å²) in [5.41, 5.74) is 2.75. The molecule has 24 heavy (non-hydrogen) atoms. The Bertz CT molecular complexity index is 1080. The lowest BCUT2D eigenvalue weighted by Crippen LogP contribution is -2.10. The summed E-state index contributed by atoms with van der Waals surface area (Å²) in [7, 11) is 0. The number of pyridine rings is 2. The molecule has 0 fully saturated rings. The van der Waals surface area contributed by atoms with Crippen molar-refractivity contribution in [3.05, 3.63) is 59.0 Å². The first-order valence-corrected chi connectivity index (χ1v) is 7.71. The van der Waals surface area contributed by atoms with Crippen LogP contribution in [-0.4, -0.2) is 33.2 Å². The van der Waals surface area contributed by atoms with Gasteiger partial charge >= 0.3 is 0 Å². The lowest BCUT2D eigenvalue weighted by Gasteiger charge is -2.09. The second kappa shape index (κ2) is 5.82. The molecule has 0 aliphatic rings. The molecule has 0 bridgehead atoms. The number of hydrogen-bond donors (Lipinski definition) is 4. The number of benzene rings is 1. The van der Waals surface area contributed by atoms with Crippen molar-refractivity contribution >= 4 is 27.8 Å². The van der Waals surface area contributed by atoms with Gasteiger partial charge in [-0.05, 0) is 29.7 Å². The Morgan fingerprint density at radius 3 is 2.88 bits per heavy atom. The Labute approximate surface area is 137 Å². The smallest absolute Gasteiger partial charge is 0.256 e. The quantitative estimate of drug-likeness (QED) is 0.465. The maximum atomic E-state index is 12.6. The van der Waals surface area contributed by atoms with Gasteiger partial charge < -0.3 is 20.4 Å². The highest BCUT2D eigenvalue weighted by Gasteiger charge is 2.12. The van der Waals surface area contributed by atoms with E-state index < -0.39 is 0 Å². The molecular weight excluding hydrogens is 304 g/mol. The molecule has 6 nitrogen and oxygen atoms in total. The van der Waals surface area contributed by atoms with Gasteiger partial charge in [0.05, 0.1) is 6.61 Å². The third-order valence-corrected chi connectivity index (χ3v) is 3.99. The summed E-state index contributed by atoms with van der Waals surface area (Å²) in [5, 5.41) is 13.9. The van der Waals surface area contributed by atoms with Crippen LogP contribution in [0.15, 0.2) is 53.5 Å². The van der Waals surface area contributed by atoms with Gasteiger partial charge in [-0.1, -0.05) is 18.2 Å². The number of H-pyrrole nitrogens is 2. The van der Waals surface area contributed by atoms with Gasteiger partial charge in [-0.15, -0.1) is 0 Å². The van der Waals surface area contributed by atoms with E-state index in [1.165, 1.54) is 0 Å². The molecule has 1 aromatic carbocycles. The topological polar surface area (TPSA) is 93.8 Å². The number of para-hydroxylation sites is 1. The van der Waals surface area contributed by atoms with Gasteiger partial charge in [0.15, 0.2) is 0 Å². The molecule has 3 heterocycles. The van der Waals surface area contributed by atoms with Crippen LogP contribution in [0.1, 0.15) is 0 Å². The van der Waals surface area contributed by atoms with Gasteiger partial charge in [-0.2, -0.15) is 0 Å². The minimum atomic E-state index is -0.143. The summed E-state index contributed by atoms with van der Waals surface area (Å²) in [4.78, 5) is 23.0. The van der Waals surface area contributed by atoms with Crippen LogP contribution in [0.5, 0.6) is 0 Å². The van der Waals surface area contributed by atoms with E-state index in [-0.39, 0.29) is 12.2 Å². The van der Waals surface area contributed by atoms with E-state index in [4.69, 9.17) is 5.11 Å². The van der Waals surface area contributed by atoms with E-state index in [2.05, 4.69) is 20.3 Å². The lowest BCUT2D eigenvalue weighted by atomic mass is 10.0. The zero-order valence-corrected chi connectivity index (χ0v) is 12.8. The van der Waals surface area contributed by atoms with E-state index in [0.29, 0.717) is 23.6 Å². The summed E-state index contributed by atoms with van der Waals surface area (Å²) < 4.78 is 0. The number of nitrogens with one attached hydrogen (secondary N) is 3. The molecule has 120 valence electrons. The van der Waals surface area contributed by atoms with E-state index in [9.17, 15) is 4.79 Å². The van der Waals surface area contributed by atoms with Crippen molar-refractivity contribution in [2.75, 3.05) is 18.5 Å². The molecule has 0 saturated carbocycles. The summed E-state index contributed by atoms with van der Waals surface area (Å²) in [5.74, 6) is 0.613. The Balaban J connectivity index is 1.96. The molecule has 6 heteroatoms. The predicted octanol–water partition coefficient (Wildman–Crippen LogP) is 2.48. The maximum absolute atomic E-state index is 12.6. The molecule has 4 rings (SSSR count). The molecule has 0 saturated heterocycles. The second-order valence-electron chi connectivity index (χ2n) is 5.54. The average molecular weight is 320 g/mol. The first-order chi connectivity index (χ1) is 11.8. The summed E-state index contributed by atoms with van der Waals surface area (Å²) in [6.45, 7) is 0.406. The number of aliphatic hydroxyl groups excluding tert-OH is 1. The summed E-state index contributed by atoms with van der Waals surface area (Å²) in [6.07, 6.45) is 1.80. The van der Waals surface area contributed by atoms with Crippen LogP contribution in [0.3, 0.4) is 0 Å². The van der Waals surface area contributed by atoms with Gasteiger partial charge in [-0.3, -0.25) is 4.79 Å². The van der Waals surface area contributed by atoms with E-state index >= 15 is 0 Å². The molecule has 0 atom stereocenters. The van der Waals surface area contributed by atoms with E-state index in [1.54, 1.807) is 6.20 Å². The fraction of sp³-hybridized carbons (Fsp3) is 0.111. The standard InChI is InChI=1S/C18H16N4O2/c23-8-7-19-16-10-13(12-5-6-20-17(12)22-16)14-9-11-3-1-2-4-15(11)21-18(14)24/h1-6,9-10,23H,7-8H2,(H,21,24)(H2,19,20,22). The molecule has 3 aromatic heterocycles. The molecule has 4 N–H and O–H groups in total. The minimum Gasteiger partial charge on any atom is -0.395 e. The lowest BCUT2D eigenvalue weighted by molar-refractivity contribution is 0.311. The number of nitrogens with zero attached hydrogens (tertiary/aromatic N) is 1. The number of aromatic nitrogens is 3.